The van der Waals surface area contributed by atoms with Crippen molar-refractivity contribution in [3.8, 4) is 0 Å². The van der Waals surface area contributed by atoms with Crippen LogP contribution in [0.2, 0.25) is 0 Å². The van der Waals surface area contributed by atoms with Gasteiger partial charge in [-0.3, -0.25) is 9.69 Å². The number of nitrogens with one attached hydrogen (secondary N) is 1. The van der Waals surface area contributed by atoms with Crippen LogP contribution in [-0.4, -0.2) is 49.2 Å². The Balaban J connectivity index is 1.49. The van der Waals surface area contributed by atoms with E-state index in [0.717, 1.165) is 38.0 Å². The molecule has 2 aliphatic heterocycles. The highest BCUT2D eigenvalue weighted by molar-refractivity contribution is 5.77. The molecule has 1 aromatic carbocycles. The Morgan fingerprint density at radius 1 is 1.26 bits per heavy atom. The van der Waals surface area contributed by atoms with Gasteiger partial charge in [0.15, 0.2) is 0 Å². The van der Waals surface area contributed by atoms with Crippen molar-refractivity contribution in [2.24, 2.45) is 0 Å². The highest BCUT2D eigenvalue weighted by atomic mass is 19.1. The monoisotopic (exact) mass is 318 g/mol. The van der Waals surface area contributed by atoms with E-state index < -0.39 is 0 Å². The van der Waals surface area contributed by atoms with Gasteiger partial charge in [-0.25, -0.2) is 4.39 Å². The van der Waals surface area contributed by atoms with E-state index in [2.05, 4.69) is 16.3 Å². The molecule has 23 heavy (non-hydrogen) atoms. The largest absolute Gasteiger partial charge is 0.373 e. The quantitative estimate of drug-likeness (QED) is 0.929. The van der Waals surface area contributed by atoms with Gasteiger partial charge >= 0.3 is 0 Å². The topological polar surface area (TPSA) is 41.6 Å². The number of likely N-dealkylation sites (tertiary alicyclic amines) is 1. The summed E-state index contributed by atoms with van der Waals surface area (Å²) in [6.07, 6.45) is 6.38. The fraction of sp³-hybridized carbons (Fsp3) is 0.500. The van der Waals surface area contributed by atoms with Gasteiger partial charge in [0.25, 0.3) is 0 Å². The lowest BCUT2D eigenvalue weighted by atomic mass is 9.87. The third kappa shape index (κ3) is 4.39. The van der Waals surface area contributed by atoms with Crippen molar-refractivity contribution in [2.45, 2.75) is 24.9 Å². The van der Waals surface area contributed by atoms with Crippen LogP contribution in [0.25, 0.3) is 6.08 Å². The second-order valence-electron chi connectivity index (χ2n) is 6.31. The zero-order valence-electron chi connectivity index (χ0n) is 13.3. The molecule has 0 saturated carbocycles. The van der Waals surface area contributed by atoms with Crippen LogP contribution in [-0.2, 0) is 9.53 Å². The molecular weight excluding hydrogens is 295 g/mol. The van der Waals surface area contributed by atoms with Gasteiger partial charge in [-0.05, 0) is 30.5 Å². The maximum Gasteiger partial charge on any atom is 0.222 e. The van der Waals surface area contributed by atoms with Gasteiger partial charge < -0.3 is 10.1 Å². The average molecular weight is 318 g/mol. The smallest absolute Gasteiger partial charge is 0.222 e. The molecule has 1 N–H and O–H groups in total. The van der Waals surface area contributed by atoms with Crippen LogP contribution in [0.15, 0.2) is 30.3 Å². The molecule has 2 fully saturated rings. The Bertz CT molecular complexity index is 563. The van der Waals surface area contributed by atoms with Gasteiger partial charge in [0, 0.05) is 26.2 Å². The van der Waals surface area contributed by atoms with E-state index in [-0.39, 0.29) is 17.3 Å². The van der Waals surface area contributed by atoms with Gasteiger partial charge in [-0.1, -0.05) is 24.3 Å². The van der Waals surface area contributed by atoms with E-state index in [9.17, 15) is 9.18 Å². The fourth-order valence-corrected chi connectivity index (χ4v) is 3.24. The molecule has 0 unspecified atom stereocenters. The van der Waals surface area contributed by atoms with Crippen LogP contribution in [0.3, 0.4) is 0 Å². The van der Waals surface area contributed by atoms with Gasteiger partial charge in [0.2, 0.25) is 5.91 Å². The SMILES string of the molecule is O=C1CC2(CCN(CC=Cc3ccc(F)cc3)CC2)OCCN1. The third-order valence-corrected chi connectivity index (χ3v) is 4.63. The molecule has 0 atom stereocenters. The Hall–Kier alpha value is -1.72. The van der Waals surface area contributed by atoms with Crippen molar-refractivity contribution < 1.29 is 13.9 Å². The van der Waals surface area contributed by atoms with Crippen LogP contribution >= 0.6 is 0 Å². The molecule has 0 bridgehead atoms. The lowest BCUT2D eigenvalue weighted by Gasteiger charge is -2.40. The summed E-state index contributed by atoms with van der Waals surface area (Å²) in [6.45, 7) is 3.95. The lowest BCUT2D eigenvalue weighted by molar-refractivity contribution is -0.128. The highest BCUT2D eigenvalue weighted by Crippen LogP contribution is 2.30. The number of carbonyl (C=O) groups is 1. The molecule has 0 aromatic heterocycles. The standard InChI is InChI=1S/C18H23FN2O2/c19-16-5-3-15(4-6-16)2-1-10-21-11-7-18(8-12-21)14-17(22)20-9-13-23-18/h1-6H,7-14H2,(H,20,22). The third-order valence-electron chi connectivity index (χ3n) is 4.63. The number of hydrogen-bond acceptors (Lipinski definition) is 3. The summed E-state index contributed by atoms with van der Waals surface area (Å²) in [4.78, 5) is 14.1. The molecule has 124 valence electrons. The van der Waals surface area contributed by atoms with Crippen molar-refractivity contribution >= 4 is 12.0 Å². The molecular formula is C18H23FN2O2. The maximum absolute atomic E-state index is 12.9. The highest BCUT2D eigenvalue weighted by Gasteiger charge is 2.38. The second kappa shape index (κ2) is 7.23. The van der Waals surface area contributed by atoms with Crippen LogP contribution < -0.4 is 5.32 Å². The van der Waals surface area contributed by atoms with Crippen LogP contribution in [0.1, 0.15) is 24.8 Å². The van der Waals surface area contributed by atoms with E-state index >= 15 is 0 Å². The summed E-state index contributed by atoms with van der Waals surface area (Å²) in [7, 11) is 0. The number of rotatable bonds is 3. The summed E-state index contributed by atoms with van der Waals surface area (Å²) >= 11 is 0. The van der Waals surface area contributed by atoms with Crippen molar-refractivity contribution in [2.75, 3.05) is 32.8 Å². The summed E-state index contributed by atoms with van der Waals surface area (Å²) < 4.78 is 18.8. The van der Waals surface area contributed by atoms with Crippen LogP contribution in [0.4, 0.5) is 4.39 Å². The molecule has 3 rings (SSSR count). The van der Waals surface area contributed by atoms with Crippen molar-refractivity contribution in [3.05, 3.63) is 41.7 Å². The molecule has 5 heteroatoms. The summed E-state index contributed by atoms with van der Waals surface area (Å²) in [5, 5.41) is 2.87. The first-order valence-electron chi connectivity index (χ1n) is 8.20. The summed E-state index contributed by atoms with van der Waals surface area (Å²) in [5.74, 6) is -0.108. The number of halogens is 1. The molecule has 1 aromatic rings. The number of hydrogen-bond donors (Lipinski definition) is 1. The van der Waals surface area contributed by atoms with E-state index in [1.807, 2.05) is 6.08 Å². The maximum atomic E-state index is 12.9. The molecule has 2 aliphatic rings. The van der Waals surface area contributed by atoms with Crippen molar-refractivity contribution in [1.82, 2.24) is 10.2 Å². The molecule has 0 aliphatic carbocycles. The number of benzene rings is 1. The number of carbonyl (C=O) groups excluding carboxylic acids is 1. The van der Waals surface area contributed by atoms with Crippen molar-refractivity contribution in [1.29, 1.82) is 0 Å². The minimum atomic E-state index is -0.266. The predicted octanol–water partition coefficient (Wildman–Crippen LogP) is 2.21. The minimum Gasteiger partial charge on any atom is -0.373 e. The Morgan fingerprint density at radius 2 is 2.00 bits per heavy atom. The first-order chi connectivity index (χ1) is 11.2. The fourth-order valence-electron chi connectivity index (χ4n) is 3.24. The summed E-state index contributed by atoms with van der Waals surface area (Å²) in [6, 6.07) is 6.49. The second-order valence-corrected chi connectivity index (χ2v) is 6.31. The van der Waals surface area contributed by atoms with Crippen LogP contribution in [0, 0.1) is 5.82 Å². The number of ether oxygens (including phenoxy) is 1. The molecule has 4 nitrogen and oxygen atoms in total. The number of amides is 1. The normalized spacial score (nSPS) is 22.2. The Labute approximate surface area is 136 Å². The van der Waals surface area contributed by atoms with E-state index in [1.165, 1.54) is 12.1 Å². The number of piperidine rings is 1. The van der Waals surface area contributed by atoms with E-state index in [4.69, 9.17) is 4.74 Å². The van der Waals surface area contributed by atoms with Gasteiger partial charge in [0.05, 0.1) is 18.6 Å². The van der Waals surface area contributed by atoms with Gasteiger partial charge in [-0.15, -0.1) is 0 Å². The van der Waals surface area contributed by atoms with Gasteiger partial charge in [0.1, 0.15) is 5.82 Å². The minimum absolute atomic E-state index is 0.104. The molecule has 1 spiro atoms. The predicted molar refractivity (Wildman–Crippen MR) is 87.4 cm³/mol. The lowest BCUT2D eigenvalue weighted by Crippen LogP contribution is -2.47. The molecule has 2 saturated heterocycles. The van der Waals surface area contributed by atoms with Gasteiger partial charge in [-0.2, -0.15) is 0 Å². The molecule has 0 radical (unpaired) electrons. The first kappa shape index (κ1) is 16.1. The van der Waals surface area contributed by atoms with Crippen LogP contribution in [0.5, 0.6) is 0 Å². The average Bonchev–Trinajstić information content (AvgIpc) is 2.73. The number of nitrogens with zero attached hydrogens (tertiary/aromatic N) is 1. The Kier molecular flexibility index (Phi) is 5.08. The zero-order chi connectivity index (χ0) is 16.1. The zero-order valence-corrected chi connectivity index (χ0v) is 13.3. The molecule has 1 amide bonds. The van der Waals surface area contributed by atoms with E-state index in [0.29, 0.717) is 19.6 Å². The molecule has 2 heterocycles. The first-order valence-corrected chi connectivity index (χ1v) is 8.20. The van der Waals surface area contributed by atoms with Crippen molar-refractivity contribution in [3.63, 3.8) is 0 Å². The van der Waals surface area contributed by atoms with E-state index in [1.54, 1.807) is 12.1 Å². The Morgan fingerprint density at radius 3 is 2.74 bits per heavy atom. The summed E-state index contributed by atoms with van der Waals surface area (Å²) in [5.41, 5.74) is 0.737.